The first kappa shape index (κ1) is 24.1. The third-order valence-corrected chi connectivity index (χ3v) is 4.25. The van der Waals surface area contributed by atoms with Gasteiger partial charge in [0, 0.05) is 0 Å². The van der Waals surface area contributed by atoms with E-state index in [4.69, 9.17) is 5.63 Å². The van der Waals surface area contributed by atoms with Crippen molar-refractivity contribution in [3.8, 4) is 11.5 Å². The number of alkyl halides is 6. The number of rotatable bonds is 4. The molecule has 11 heteroatoms. The van der Waals surface area contributed by atoms with Crippen LogP contribution < -0.4 is 30.4 Å². The minimum Gasteiger partial charge on any atom is -1.00 e. The van der Waals surface area contributed by atoms with Crippen molar-refractivity contribution in [2.24, 2.45) is 0 Å². The van der Waals surface area contributed by atoms with Crippen LogP contribution in [0.15, 0.2) is 48.5 Å². The Kier molecular flexibility index (Phi) is 9.33. The first-order valence-electron chi connectivity index (χ1n) is 6.09. The number of hydrogen-bond donors (Lipinski definition) is 0. The molecular weight excluding hydrogens is 476 g/mol. The number of halogens is 8. The van der Waals surface area contributed by atoms with Crippen LogP contribution in [0.5, 0.6) is 11.5 Å². The topological polar surface area (TPSA) is 18.5 Å². The summed E-state index contributed by atoms with van der Waals surface area (Å²) in [5.41, 5.74) is -1.59. The van der Waals surface area contributed by atoms with Gasteiger partial charge in [-0.3, -0.25) is 0 Å². The fourth-order valence-electron chi connectivity index (χ4n) is 1.54. The maximum absolute atomic E-state index is 12.4. The Hall–Kier alpha value is -0.917. The molecule has 0 saturated carbocycles. The number of benzene rings is 2. The average Bonchev–Trinajstić information content (AvgIpc) is 2.46. The summed E-state index contributed by atoms with van der Waals surface area (Å²) >= 11 is -1.93. The Morgan fingerprint density at radius 2 is 0.840 bits per heavy atom. The Morgan fingerprint density at radius 3 is 1.08 bits per heavy atom. The molecule has 0 aliphatic rings. The maximum atomic E-state index is 12.4. The van der Waals surface area contributed by atoms with Gasteiger partial charge in [0.1, 0.15) is 0 Å². The van der Waals surface area contributed by atoms with Gasteiger partial charge in [-0.15, -0.1) is 0 Å². The molecule has 0 aliphatic heterocycles. The molecule has 0 aliphatic carbocycles. The standard InChI is InChI=1S/2C7H5F3O.2ClH.Zr/c2*8-7(9,10)5-1-3-6(11)4-2-5;;;/h2*1-4,11H;2*1H;/q;;;;+4/p-4. The summed E-state index contributed by atoms with van der Waals surface area (Å²) in [6.45, 7) is 0. The molecule has 0 bridgehead atoms. The van der Waals surface area contributed by atoms with Crippen molar-refractivity contribution >= 4 is 0 Å². The summed E-state index contributed by atoms with van der Waals surface area (Å²) in [4.78, 5) is 0. The first-order chi connectivity index (χ1) is 10.7. The molecule has 0 unspecified atom stereocenters. The number of hydrogen-bond acceptors (Lipinski definition) is 2. The van der Waals surface area contributed by atoms with E-state index in [0.29, 0.717) is 0 Å². The van der Waals surface area contributed by atoms with Crippen LogP contribution in [0, 0.1) is 0 Å². The van der Waals surface area contributed by atoms with Crippen molar-refractivity contribution in [1.82, 2.24) is 0 Å². The minimum absolute atomic E-state index is 0. The minimum atomic E-state index is -4.42. The maximum Gasteiger partial charge on any atom is -1.00 e. The molecule has 2 aromatic rings. The van der Waals surface area contributed by atoms with Gasteiger partial charge in [0.25, 0.3) is 0 Å². The summed E-state index contributed by atoms with van der Waals surface area (Å²) in [5.74, 6) is 0.438. The van der Waals surface area contributed by atoms with E-state index >= 15 is 0 Å². The van der Waals surface area contributed by atoms with Gasteiger partial charge in [0.05, 0.1) is 0 Å². The monoisotopic (exact) mass is 482 g/mol. The molecule has 2 rings (SSSR count). The quantitative estimate of drug-likeness (QED) is 0.525. The molecule has 2 aromatic carbocycles. The Balaban J connectivity index is 0.00000288. The molecule has 25 heavy (non-hydrogen) atoms. The largest absolute Gasteiger partial charge is 1.00 e. The van der Waals surface area contributed by atoms with E-state index in [-0.39, 0.29) is 36.3 Å². The fraction of sp³-hybridized carbons (Fsp3) is 0.143. The van der Waals surface area contributed by atoms with Crippen LogP contribution >= 0.6 is 0 Å². The van der Waals surface area contributed by atoms with Gasteiger partial charge in [-0.1, -0.05) is 0 Å². The molecule has 0 heterocycles. The van der Waals surface area contributed by atoms with Crippen molar-refractivity contribution in [2.75, 3.05) is 0 Å². The summed E-state index contributed by atoms with van der Waals surface area (Å²) in [6.07, 6.45) is -8.84. The zero-order valence-electron chi connectivity index (χ0n) is 12.0. The zero-order chi connectivity index (χ0) is 17.1. The predicted octanol–water partition coefficient (Wildman–Crippen LogP) is -0.897. The van der Waals surface area contributed by atoms with E-state index in [9.17, 15) is 26.3 Å². The van der Waals surface area contributed by atoms with Crippen LogP contribution in [-0.4, -0.2) is 0 Å². The first-order valence-corrected chi connectivity index (χ1v) is 8.10. The van der Waals surface area contributed by atoms with Gasteiger partial charge in [-0.05, 0) is 0 Å². The zero-order valence-corrected chi connectivity index (χ0v) is 15.9. The van der Waals surface area contributed by atoms with Gasteiger partial charge in [0.2, 0.25) is 0 Å². The summed E-state index contributed by atoms with van der Waals surface area (Å²) in [5, 5.41) is 0. The van der Waals surface area contributed by atoms with Crippen molar-refractivity contribution in [1.29, 1.82) is 0 Å². The van der Waals surface area contributed by atoms with E-state index in [0.717, 1.165) is 24.3 Å². The van der Waals surface area contributed by atoms with Gasteiger partial charge >= 0.3 is 140 Å². The second-order valence-electron chi connectivity index (χ2n) is 4.33. The van der Waals surface area contributed by atoms with Gasteiger partial charge < -0.3 is 24.8 Å². The molecule has 0 amide bonds. The van der Waals surface area contributed by atoms with Crippen molar-refractivity contribution in [3.05, 3.63) is 59.7 Å². The molecule has 0 atom stereocenters. The summed E-state index contributed by atoms with van der Waals surface area (Å²) in [6, 6.07) is 8.19. The van der Waals surface area contributed by atoms with Gasteiger partial charge in [-0.2, -0.15) is 0 Å². The molecule has 0 saturated heterocycles. The predicted molar refractivity (Wildman–Crippen MR) is 64.1 cm³/mol. The van der Waals surface area contributed by atoms with Crippen LogP contribution in [0.3, 0.4) is 0 Å². The van der Waals surface area contributed by atoms with E-state index < -0.39 is 47.6 Å². The van der Waals surface area contributed by atoms with Crippen LogP contribution in [0.25, 0.3) is 0 Å². The summed E-state index contributed by atoms with van der Waals surface area (Å²) in [7, 11) is 0. The van der Waals surface area contributed by atoms with Gasteiger partial charge in [-0.25, -0.2) is 0 Å². The van der Waals surface area contributed by atoms with Crippen LogP contribution in [0.4, 0.5) is 26.3 Å². The molecule has 0 fully saturated rings. The van der Waals surface area contributed by atoms with Crippen LogP contribution in [0.2, 0.25) is 0 Å². The second kappa shape index (κ2) is 9.69. The normalized spacial score (nSPS) is 10.8. The van der Waals surface area contributed by atoms with Crippen molar-refractivity contribution < 1.29 is 80.9 Å². The van der Waals surface area contributed by atoms with E-state index in [2.05, 4.69) is 0 Å². The van der Waals surface area contributed by atoms with Crippen molar-refractivity contribution in [2.45, 2.75) is 12.4 Å². The third-order valence-electron chi connectivity index (χ3n) is 2.68. The smallest absolute Gasteiger partial charge is 1.00 e. The molecule has 2 nitrogen and oxygen atoms in total. The fourth-order valence-corrected chi connectivity index (χ4v) is 2.79. The molecule has 0 N–H and O–H groups in total. The Morgan fingerprint density at radius 1 is 0.560 bits per heavy atom. The molecule has 0 radical (unpaired) electrons. The Bertz CT molecular complexity index is 587. The molecule has 0 spiro atoms. The van der Waals surface area contributed by atoms with Crippen LogP contribution in [-0.2, 0) is 36.5 Å². The second-order valence-corrected chi connectivity index (χ2v) is 5.74. The third kappa shape index (κ3) is 7.46. The van der Waals surface area contributed by atoms with E-state index in [1.54, 1.807) is 0 Å². The molecule has 136 valence electrons. The van der Waals surface area contributed by atoms with E-state index in [1.807, 2.05) is 0 Å². The summed E-state index contributed by atoms with van der Waals surface area (Å²) < 4.78 is 84.7. The Labute approximate surface area is 164 Å². The SMILES string of the molecule is FC(F)(F)c1ccc([O][Zr+2][O]c2ccc(C(F)(F)F)cc2)cc1.[Cl-].[Cl-]. The van der Waals surface area contributed by atoms with E-state index in [1.165, 1.54) is 24.3 Å². The van der Waals surface area contributed by atoms with Crippen LogP contribution in [0.1, 0.15) is 11.1 Å². The average molecular weight is 484 g/mol. The molecule has 0 aromatic heterocycles. The van der Waals surface area contributed by atoms with Gasteiger partial charge in [0.15, 0.2) is 0 Å². The van der Waals surface area contributed by atoms with Crippen molar-refractivity contribution in [3.63, 3.8) is 0 Å². The molecular formula is C14H8Cl2F6O2Zr.